The molecule has 0 saturated heterocycles. The van der Waals surface area contributed by atoms with Crippen LogP contribution in [0.3, 0.4) is 0 Å². The Labute approximate surface area is 79.6 Å². The summed E-state index contributed by atoms with van der Waals surface area (Å²) in [6.07, 6.45) is 0. The molecule has 1 aromatic rings. The topological polar surface area (TPSA) is 0 Å². The summed E-state index contributed by atoms with van der Waals surface area (Å²) in [6.45, 7) is 4.40. The van der Waals surface area contributed by atoms with Crippen LogP contribution in [-0.4, -0.2) is 0 Å². The molecule has 0 aromatic heterocycles. The summed E-state index contributed by atoms with van der Waals surface area (Å²) in [4.78, 5) is 0. The van der Waals surface area contributed by atoms with Gasteiger partial charge in [-0.1, -0.05) is 20.8 Å². The lowest BCUT2D eigenvalue weighted by Gasteiger charge is -2.20. The minimum absolute atomic E-state index is 0.591. The normalized spacial score (nSPS) is 11.9. The molecule has 0 nitrogen and oxygen atoms in total. The van der Waals surface area contributed by atoms with Gasteiger partial charge in [-0.25, -0.2) is 17.6 Å². The summed E-state index contributed by atoms with van der Waals surface area (Å²) in [5.41, 5.74) is -1.59. The van der Waals surface area contributed by atoms with E-state index in [2.05, 4.69) is 0 Å². The SMILES string of the molecule is CC(C)(C)c1c(F)c(F)[c]c(F)c1F. The van der Waals surface area contributed by atoms with Gasteiger partial charge in [-0.15, -0.1) is 0 Å². The second-order valence-electron chi connectivity index (χ2n) is 4.01. The maximum Gasteiger partial charge on any atom is 0.170 e. The first kappa shape index (κ1) is 11.0. The Balaban J connectivity index is 3.56. The maximum absolute atomic E-state index is 13.1. The summed E-state index contributed by atoms with van der Waals surface area (Å²) in [6, 6.07) is 1.34. The smallest absolute Gasteiger partial charge is 0.170 e. The Hall–Kier alpha value is -1.06. The van der Waals surface area contributed by atoms with Crippen LogP contribution in [0.1, 0.15) is 26.3 Å². The van der Waals surface area contributed by atoms with E-state index < -0.39 is 34.2 Å². The van der Waals surface area contributed by atoms with Gasteiger partial charge in [0.05, 0.1) is 6.07 Å². The van der Waals surface area contributed by atoms with Crippen molar-refractivity contribution in [2.24, 2.45) is 0 Å². The van der Waals surface area contributed by atoms with Gasteiger partial charge in [0, 0.05) is 5.56 Å². The number of halogens is 4. The van der Waals surface area contributed by atoms with Gasteiger partial charge in [0.15, 0.2) is 23.3 Å². The van der Waals surface area contributed by atoms with Crippen LogP contribution in [0.5, 0.6) is 0 Å². The van der Waals surface area contributed by atoms with Crippen molar-refractivity contribution in [3.63, 3.8) is 0 Å². The van der Waals surface area contributed by atoms with Gasteiger partial charge in [-0.05, 0) is 5.41 Å². The van der Waals surface area contributed by atoms with Crippen molar-refractivity contribution < 1.29 is 17.6 Å². The van der Waals surface area contributed by atoms with Crippen molar-refractivity contribution >= 4 is 0 Å². The second kappa shape index (κ2) is 3.26. The summed E-state index contributed by atoms with van der Waals surface area (Å²) in [7, 11) is 0. The number of hydrogen-bond acceptors (Lipinski definition) is 0. The summed E-state index contributed by atoms with van der Waals surface area (Å²) >= 11 is 0. The van der Waals surface area contributed by atoms with E-state index in [0.29, 0.717) is 0 Å². The molecule has 0 heterocycles. The van der Waals surface area contributed by atoms with Crippen molar-refractivity contribution in [1.29, 1.82) is 0 Å². The molecule has 0 aliphatic carbocycles. The lowest BCUT2D eigenvalue weighted by molar-refractivity contribution is 0.402. The van der Waals surface area contributed by atoms with Crippen LogP contribution in [0.2, 0.25) is 0 Å². The molecular weight excluding hydrogens is 196 g/mol. The van der Waals surface area contributed by atoms with E-state index in [1.54, 1.807) is 0 Å². The minimum atomic E-state index is -1.49. The highest BCUT2D eigenvalue weighted by Gasteiger charge is 2.28. The first-order valence-corrected chi connectivity index (χ1v) is 4.01. The lowest BCUT2D eigenvalue weighted by Crippen LogP contribution is -2.18. The molecule has 1 radical (unpaired) electrons. The molecule has 0 atom stereocenters. The van der Waals surface area contributed by atoms with Gasteiger partial charge in [0.25, 0.3) is 0 Å². The molecule has 0 fully saturated rings. The Morgan fingerprint density at radius 1 is 0.857 bits per heavy atom. The van der Waals surface area contributed by atoms with Crippen LogP contribution >= 0.6 is 0 Å². The van der Waals surface area contributed by atoms with E-state index in [9.17, 15) is 17.6 Å². The fourth-order valence-electron chi connectivity index (χ4n) is 1.18. The van der Waals surface area contributed by atoms with Crippen LogP contribution in [0.15, 0.2) is 0 Å². The molecule has 0 saturated carbocycles. The first-order chi connectivity index (χ1) is 6.25. The Morgan fingerprint density at radius 2 is 1.21 bits per heavy atom. The van der Waals surface area contributed by atoms with E-state index >= 15 is 0 Å². The van der Waals surface area contributed by atoms with Crippen LogP contribution in [-0.2, 0) is 5.41 Å². The zero-order valence-electron chi connectivity index (χ0n) is 8.01. The highest BCUT2D eigenvalue weighted by atomic mass is 19.2. The van der Waals surface area contributed by atoms with E-state index in [-0.39, 0.29) is 0 Å². The standard InChI is InChI=1S/C10H9F4/c1-10(2,3)7-8(13)5(11)4-6(12)9(7)14/h1-3H3. The highest BCUT2D eigenvalue weighted by Crippen LogP contribution is 2.30. The van der Waals surface area contributed by atoms with Gasteiger partial charge in [0.2, 0.25) is 0 Å². The maximum atomic E-state index is 13.1. The van der Waals surface area contributed by atoms with Gasteiger partial charge in [-0.3, -0.25) is 0 Å². The van der Waals surface area contributed by atoms with Gasteiger partial charge < -0.3 is 0 Å². The molecule has 0 amide bonds. The quantitative estimate of drug-likeness (QED) is 0.450. The van der Waals surface area contributed by atoms with Crippen molar-refractivity contribution in [2.45, 2.75) is 26.2 Å². The average Bonchev–Trinajstić information content (AvgIpc) is 1.98. The summed E-state index contributed by atoms with van der Waals surface area (Å²) < 4.78 is 51.7. The van der Waals surface area contributed by atoms with Crippen LogP contribution in [0.25, 0.3) is 0 Å². The van der Waals surface area contributed by atoms with E-state index in [1.807, 2.05) is 0 Å². The van der Waals surface area contributed by atoms with Gasteiger partial charge in [0.1, 0.15) is 0 Å². The summed E-state index contributed by atoms with van der Waals surface area (Å²) in [5.74, 6) is -5.74. The van der Waals surface area contributed by atoms with Crippen molar-refractivity contribution in [1.82, 2.24) is 0 Å². The van der Waals surface area contributed by atoms with E-state index in [1.165, 1.54) is 26.8 Å². The predicted octanol–water partition coefficient (Wildman–Crippen LogP) is 3.34. The van der Waals surface area contributed by atoms with Crippen molar-refractivity contribution in [2.75, 3.05) is 0 Å². The van der Waals surface area contributed by atoms with Crippen molar-refractivity contribution in [3.8, 4) is 0 Å². The molecule has 1 aromatic carbocycles. The third-order valence-electron chi connectivity index (χ3n) is 1.79. The molecule has 0 bridgehead atoms. The largest absolute Gasteiger partial charge is 0.203 e. The van der Waals surface area contributed by atoms with Gasteiger partial charge >= 0.3 is 0 Å². The van der Waals surface area contributed by atoms with Crippen LogP contribution < -0.4 is 0 Å². The first-order valence-electron chi connectivity index (χ1n) is 4.01. The molecular formula is C10H9F4. The molecule has 0 aliphatic rings. The zero-order chi connectivity index (χ0) is 11.1. The predicted molar refractivity (Wildman–Crippen MR) is 43.8 cm³/mol. The molecule has 0 unspecified atom stereocenters. The number of hydrogen-bond donors (Lipinski definition) is 0. The summed E-state index contributed by atoms with van der Waals surface area (Å²) in [5, 5.41) is 0. The number of benzene rings is 1. The van der Waals surface area contributed by atoms with Crippen LogP contribution in [0.4, 0.5) is 17.6 Å². The average molecular weight is 205 g/mol. The number of rotatable bonds is 0. The Kier molecular flexibility index (Phi) is 2.56. The Morgan fingerprint density at radius 3 is 1.50 bits per heavy atom. The third-order valence-corrected chi connectivity index (χ3v) is 1.79. The molecule has 4 heteroatoms. The minimum Gasteiger partial charge on any atom is -0.203 e. The van der Waals surface area contributed by atoms with E-state index in [0.717, 1.165) is 0 Å². The Bertz CT molecular complexity index is 337. The molecule has 1 rings (SSSR count). The fraction of sp³-hybridized carbons (Fsp3) is 0.400. The zero-order valence-corrected chi connectivity index (χ0v) is 8.01. The monoisotopic (exact) mass is 205 g/mol. The molecule has 0 N–H and O–H groups in total. The highest BCUT2D eigenvalue weighted by molar-refractivity contribution is 5.28. The fourth-order valence-corrected chi connectivity index (χ4v) is 1.18. The third kappa shape index (κ3) is 1.74. The lowest BCUT2D eigenvalue weighted by atomic mass is 9.86. The van der Waals surface area contributed by atoms with Gasteiger partial charge in [-0.2, -0.15) is 0 Å². The molecule has 77 valence electrons. The molecule has 0 aliphatic heterocycles. The second-order valence-corrected chi connectivity index (χ2v) is 4.01. The van der Waals surface area contributed by atoms with E-state index in [4.69, 9.17) is 0 Å². The van der Waals surface area contributed by atoms with Crippen LogP contribution in [0, 0.1) is 29.3 Å². The van der Waals surface area contributed by atoms with Crippen molar-refractivity contribution in [3.05, 3.63) is 34.9 Å². The molecule has 14 heavy (non-hydrogen) atoms. The molecule has 0 spiro atoms.